The summed E-state index contributed by atoms with van der Waals surface area (Å²) in [4.78, 5) is 0. The Bertz CT molecular complexity index is 296. The largest absolute Gasteiger partial charge is 0.382 e. The summed E-state index contributed by atoms with van der Waals surface area (Å²) in [5, 5.41) is 3.49. The minimum atomic E-state index is 0. The van der Waals surface area contributed by atoms with Crippen molar-refractivity contribution in [2.24, 2.45) is 0 Å². The molecular formula is C11H16BrN. The number of aryl methyl sites for hydroxylation is 2. The zero-order valence-electron chi connectivity index (χ0n) is 8.13. The molecule has 72 valence electrons. The van der Waals surface area contributed by atoms with Crippen molar-refractivity contribution in [2.45, 2.75) is 32.7 Å². The molecule has 0 aromatic heterocycles. The predicted molar refractivity (Wildman–Crippen MR) is 62.9 cm³/mol. The van der Waals surface area contributed by atoms with E-state index in [-0.39, 0.29) is 17.0 Å². The third kappa shape index (κ3) is 2.25. The quantitative estimate of drug-likeness (QED) is 0.735. The van der Waals surface area contributed by atoms with Crippen molar-refractivity contribution in [1.82, 2.24) is 0 Å². The van der Waals surface area contributed by atoms with Crippen LogP contribution in [0.1, 0.15) is 24.5 Å². The molecule has 13 heavy (non-hydrogen) atoms. The minimum absolute atomic E-state index is 0. The van der Waals surface area contributed by atoms with Crippen LogP contribution in [0.4, 0.5) is 5.69 Å². The molecule has 1 aromatic rings. The molecule has 0 radical (unpaired) electrons. The van der Waals surface area contributed by atoms with Crippen molar-refractivity contribution >= 4 is 22.7 Å². The number of hydrogen-bond donors (Lipinski definition) is 1. The average molecular weight is 242 g/mol. The summed E-state index contributed by atoms with van der Waals surface area (Å²) in [6, 6.07) is 7.29. The van der Waals surface area contributed by atoms with Gasteiger partial charge in [0.15, 0.2) is 0 Å². The molecule has 1 atom stereocenters. The Labute approximate surface area is 90.3 Å². The number of benzene rings is 1. The second-order valence-corrected chi connectivity index (χ2v) is 3.74. The van der Waals surface area contributed by atoms with Crippen LogP contribution >= 0.6 is 17.0 Å². The lowest BCUT2D eigenvalue weighted by Crippen LogP contribution is -2.21. The Morgan fingerprint density at radius 1 is 1.38 bits per heavy atom. The maximum absolute atomic E-state index is 3.49. The van der Waals surface area contributed by atoms with Crippen molar-refractivity contribution in [1.29, 1.82) is 0 Å². The fourth-order valence-electron chi connectivity index (χ4n) is 1.78. The average Bonchev–Trinajstić information content (AvgIpc) is 2.05. The maximum Gasteiger partial charge on any atom is 0.0374 e. The van der Waals surface area contributed by atoms with E-state index in [0.29, 0.717) is 6.04 Å². The molecule has 1 N–H and O–H groups in total. The van der Waals surface area contributed by atoms with Crippen LogP contribution in [0.15, 0.2) is 18.2 Å². The predicted octanol–water partition coefficient (Wildman–Crippen LogP) is 3.32. The van der Waals surface area contributed by atoms with Crippen LogP contribution in [0.25, 0.3) is 0 Å². The number of halogens is 1. The second-order valence-electron chi connectivity index (χ2n) is 3.74. The summed E-state index contributed by atoms with van der Waals surface area (Å²) in [5.74, 6) is 0. The number of rotatable bonds is 0. The van der Waals surface area contributed by atoms with E-state index >= 15 is 0 Å². The van der Waals surface area contributed by atoms with Crippen LogP contribution in [0.5, 0.6) is 0 Å². The molecule has 1 aliphatic heterocycles. The lowest BCUT2D eigenvalue weighted by Gasteiger charge is -2.24. The van der Waals surface area contributed by atoms with Crippen molar-refractivity contribution in [2.75, 3.05) is 5.32 Å². The topological polar surface area (TPSA) is 12.0 Å². The molecule has 0 saturated heterocycles. The van der Waals surface area contributed by atoms with Crippen LogP contribution in [0.3, 0.4) is 0 Å². The Balaban J connectivity index is 0.000000845. The molecule has 0 aliphatic carbocycles. The third-order valence-corrected chi connectivity index (χ3v) is 2.51. The summed E-state index contributed by atoms with van der Waals surface area (Å²) >= 11 is 0. The Kier molecular flexibility index (Phi) is 3.37. The third-order valence-electron chi connectivity index (χ3n) is 2.51. The first-order valence-corrected chi connectivity index (χ1v) is 4.62. The summed E-state index contributed by atoms with van der Waals surface area (Å²) in [6.45, 7) is 4.39. The van der Waals surface area contributed by atoms with Crippen LogP contribution in [0, 0.1) is 6.92 Å². The van der Waals surface area contributed by atoms with Crippen molar-refractivity contribution in [3.8, 4) is 0 Å². The van der Waals surface area contributed by atoms with Crippen LogP contribution in [0.2, 0.25) is 0 Å². The van der Waals surface area contributed by atoms with E-state index in [4.69, 9.17) is 0 Å². The zero-order valence-corrected chi connectivity index (χ0v) is 9.84. The van der Waals surface area contributed by atoms with Gasteiger partial charge < -0.3 is 5.32 Å². The first kappa shape index (κ1) is 10.6. The first-order valence-electron chi connectivity index (χ1n) is 4.62. The van der Waals surface area contributed by atoms with Gasteiger partial charge in [-0.2, -0.15) is 0 Å². The number of fused-ring (bicyclic) bond motifs is 1. The van der Waals surface area contributed by atoms with E-state index in [1.165, 1.54) is 29.7 Å². The maximum atomic E-state index is 3.49. The van der Waals surface area contributed by atoms with E-state index in [1.807, 2.05) is 0 Å². The molecule has 1 nitrogen and oxygen atoms in total. The highest BCUT2D eigenvalue weighted by molar-refractivity contribution is 8.93. The molecule has 0 bridgehead atoms. The summed E-state index contributed by atoms with van der Waals surface area (Å²) in [7, 11) is 0. The van der Waals surface area contributed by atoms with E-state index in [0.717, 1.165) is 0 Å². The Hall–Kier alpha value is -0.500. The smallest absolute Gasteiger partial charge is 0.0374 e. The summed E-state index contributed by atoms with van der Waals surface area (Å²) < 4.78 is 0. The highest BCUT2D eigenvalue weighted by Gasteiger charge is 2.12. The molecule has 2 rings (SSSR count). The molecule has 1 aliphatic rings. The molecule has 0 saturated carbocycles. The minimum Gasteiger partial charge on any atom is -0.382 e. The number of nitrogens with one attached hydrogen (secondary N) is 1. The molecule has 2 heteroatoms. The van der Waals surface area contributed by atoms with E-state index in [2.05, 4.69) is 37.4 Å². The SMILES string of the molecule is Br.Cc1ccc2c(c1)CCC(C)N2. The monoisotopic (exact) mass is 241 g/mol. The van der Waals surface area contributed by atoms with E-state index in [9.17, 15) is 0 Å². The molecule has 1 heterocycles. The fraction of sp³-hybridized carbons (Fsp3) is 0.455. The van der Waals surface area contributed by atoms with Gasteiger partial charge in [-0.25, -0.2) is 0 Å². The van der Waals surface area contributed by atoms with Crippen molar-refractivity contribution in [3.05, 3.63) is 29.3 Å². The van der Waals surface area contributed by atoms with Gasteiger partial charge in [0.05, 0.1) is 0 Å². The van der Waals surface area contributed by atoms with Crippen LogP contribution < -0.4 is 5.32 Å². The lowest BCUT2D eigenvalue weighted by molar-refractivity contribution is 0.680. The lowest BCUT2D eigenvalue weighted by atomic mass is 9.97. The highest BCUT2D eigenvalue weighted by atomic mass is 79.9. The van der Waals surface area contributed by atoms with Gasteiger partial charge in [0, 0.05) is 11.7 Å². The normalized spacial score (nSPS) is 19.7. The highest BCUT2D eigenvalue weighted by Crippen LogP contribution is 2.25. The number of hydrogen-bond acceptors (Lipinski definition) is 1. The number of anilines is 1. The molecule has 1 aromatic carbocycles. The van der Waals surface area contributed by atoms with Gasteiger partial charge in [-0.05, 0) is 38.3 Å². The first-order chi connectivity index (χ1) is 5.75. The molecule has 1 unspecified atom stereocenters. The van der Waals surface area contributed by atoms with Gasteiger partial charge in [-0.15, -0.1) is 17.0 Å². The van der Waals surface area contributed by atoms with Gasteiger partial charge in [0.1, 0.15) is 0 Å². The van der Waals surface area contributed by atoms with Crippen LogP contribution in [-0.2, 0) is 6.42 Å². The van der Waals surface area contributed by atoms with E-state index < -0.39 is 0 Å². The zero-order chi connectivity index (χ0) is 8.55. The standard InChI is InChI=1S/C11H15N.BrH/c1-8-3-6-11-10(7-8)5-4-9(2)12-11;/h3,6-7,9,12H,4-5H2,1-2H3;1H. The van der Waals surface area contributed by atoms with Crippen molar-refractivity contribution < 1.29 is 0 Å². The summed E-state index contributed by atoms with van der Waals surface area (Å²) in [6.07, 6.45) is 2.49. The van der Waals surface area contributed by atoms with Crippen molar-refractivity contribution in [3.63, 3.8) is 0 Å². The Morgan fingerprint density at radius 3 is 2.92 bits per heavy atom. The second kappa shape index (κ2) is 4.14. The van der Waals surface area contributed by atoms with E-state index in [1.54, 1.807) is 0 Å². The Morgan fingerprint density at radius 2 is 2.15 bits per heavy atom. The van der Waals surface area contributed by atoms with Gasteiger partial charge in [0.2, 0.25) is 0 Å². The molecular weight excluding hydrogens is 226 g/mol. The molecule has 0 amide bonds. The fourth-order valence-corrected chi connectivity index (χ4v) is 1.78. The van der Waals surface area contributed by atoms with Gasteiger partial charge in [0.25, 0.3) is 0 Å². The van der Waals surface area contributed by atoms with Gasteiger partial charge in [-0.3, -0.25) is 0 Å². The molecule has 0 fully saturated rings. The van der Waals surface area contributed by atoms with Crippen LogP contribution in [-0.4, -0.2) is 6.04 Å². The summed E-state index contributed by atoms with van der Waals surface area (Å²) in [5.41, 5.74) is 4.18. The van der Waals surface area contributed by atoms with Gasteiger partial charge >= 0.3 is 0 Å². The van der Waals surface area contributed by atoms with Gasteiger partial charge in [-0.1, -0.05) is 17.7 Å². The molecule has 0 spiro atoms.